The fourth-order valence-electron chi connectivity index (χ4n) is 2.58. The molecular formula is C18H17FN4O4. The van der Waals surface area contributed by atoms with E-state index in [-0.39, 0.29) is 23.6 Å². The van der Waals surface area contributed by atoms with Crippen molar-refractivity contribution in [3.8, 4) is 28.9 Å². The molecule has 0 saturated heterocycles. The molecule has 1 aromatic heterocycles. The molecule has 2 aromatic carbocycles. The monoisotopic (exact) mass is 372 g/mol. The Balaban J connectivity index is 2.05. The minimum atomic E-state index is -0.497. The second kappa shape index (κ2) is 7.40. The molecule has 3 aromatic rings. The van der Waals surface area contributed by atoms with E-state index in [2.05, 4.69) is 10.2 Å². The van der Waals surface area contributed by atoms with E-state index in [0.29, 0.717) is 22.9 Å². The number of rotatable bonds is 6. The normalized spacial score (nSPS) is 10.9. The maximum Gasteiger partial charge on any atom is 0.323 e. The predicted octanol–water partition coefficient (Wildman–Crippen LogP) is 4.37. The first-order chi connectivity index (χ1) is 12.9. The highest BCUT2D eigenvalue weighted by Gasteiger charge is 2.22. The number of benzene rings is 2. The van der Waals surface area contributed by atoms with Crippen molar-refractivity contribution in [2.75, 3.05) is 7.11 Å². The molecule has 1 heterocycles. The number of nitrogens with zero attached hydrogens (tertiary/aromatic N) is 4. The Kier molecular flexibility index (Phi) is 5.02. The van der Waals surface area contributed by atoms with E-state index in [4.69, 9.17) is 9.47 Å². The van der Waals surface area contributed by atoms with Crippen LogP contribution in [0.5, 0.6) is 17.5 Å². The zero-order valence-electron chi connectivity index (χ0n) is 14.9. The molecule has 0 saturated carbocycles. The molecular weight excluding hydrogens is 355 g/mol. The smallest absolute Gasteiger partial charge is 0.323 e. The van der Waals surface area contributed by atoms with Gasteiger partial charge in [-0.15, -0.1) is 5.10 Å². The molecule has 0 spiro atoms. The molecule has 0 aliphatic heterocycles. The predicted molar refractivity (Wildman–Crippen MR) is 95.5 cm³/mol. The molecule has 0 N–H and O–H groups in total. The first-order valence-electron chi connectivity index (χ1n) is 8.12. The van der Waals surface area contributed by atoms with E-state index < -0.39 is 4.92 Å². The molecule has 0 atom stereocenters. The van der Waals surface area contributed by atoms with Crippen LogP contribution in [0, 0.1) is 15.9 Å². The quantitative estimate of drug-likeness (QED) is 0.471. The Morgan fingerprint density at radius 2 is 1.85 bits per heavy atom. The van der Waals surface area contributed by atoms with Gasteiger partial charge in [-0.1, -0.05) is 5.10 Å². The summed E-state index contributed by atoms with van der Waals surface area (Å²) in [5, 5.41) is 19.2. The van der Waals surface area contributed by atoms with Gasteiger partial charge in [0.05, 0.1) is 23.7 Å². The SMILES string of the molecule is COc1cc([N+](=O)[O-])ccc1-c1nnc(Oc2ccc(F)cc2)n1C(C)C. The third kappa shape index (κ3) is 3.71. The lowest BCUT2D eigenvalue weighted by atomic mass is 10.1. The van der Waals surface area contributed by atoms with Gasteiger partial charge in [-0.3, -0.25) is 14.7 Å². The van der Waals surface area contributed by atoms with Gasteiger partial charge in [-0.2, -0.15) is 0 Å². The lowest BCUT2D eigenvalue weighted by molar-refractivity contribution is -0.384. The number of methoxy groups -OCH3 is 1. The van der Waals surface area contributed by atoms with Crippen LogP contribution in [0.1, 0.15) is 19.9 Å². The summed E-state index contributed by atoms with van der Waals surface area (Å²) in [6.07, 6.45) is 0. The van der Waals surface area contributed by atoms with Crippen molar-refractivity contribution in [3.63, 3.8) is 0 Å². The van der Waals surface area contributed by atoms with Crippen LogP contribution in [0.2, 0.25) is 0 Å². The van der Waals surface area contributed by atoms with E-state index in [0.717, 1.165) is 0 Å². The van der Waals surface area contributed by atoms with Crippen LogP contribution in [0.25, 0.3) is 11.4 Å². The van der Waals surface area contributed by atoms with Gasteiger partial charge < -0.3 is 9.47 Å². The van der Waals surface area contributed by atoms with Gasteiger partial charge in [0, 0.05) is 12.1 Å². The van der Waals surface area contributed by atoms with Crippen LogP contribution >= 0.6 is 0 Å². The molecule has 0 fully saturated rings. The zero-order valence-corrected chi connectivity index (χ0v) is 14.9. The van der Waals surface area contributed by atoms with Crippen LogP contribution < -0.4 is 9.47 Å². The zero-order chi connectivity index (χ0) is 19.6. The maximum atomic E-state index is 13.1. The highest BCUT2D eigenvalue weighted by atomic mass is 19.1. The van der Waals surface area contributed by atoms with E-state index >= 15 is 0 Å². The van der Waals surface area contributed by atoms with Crippen molar-refractivity contribution < 1.29 is 18.8 Å². The summed E-state index contributed by atoms with van der Waals surface area (Å²) in [5.74, 6) is 0.776. The van der Waals surface area contributed by atoms with Crippen LogP contribution in [-0.2, 0) is 0 Å². The van der Waals surface area contributed by atoms with E-state index in [9.17, 15) is 14.5 Å². The van der Waals surface area contributed by atoms with E-state index in [1.54, 1.807) is 10.6 Å². The summed E-state index contributed by atoms with van der Waals surface area (Å²) < 4.78 is 25.8. The van der Waals surface area contributed by atoms with Gasteiger partial charge in [-0.25, -0.2) is 4.39 Å². The van der Waals surface area contributed by atoms with Crippen LogP contribution in [0.3, 0.4) is 0 Å². The average Bonchev–Trinajstić information content (AvgIpc) is 3.06. The number of non-ortho nitro benzene ring substituents is 1. The van der Waals surface area contributed by atoms with Crippen LogP contribution in [-0.4, -0.2) is 26.8 Å². The average molecular weight is 372 g/mol. The Hall–Kier alpha value is -3.49. The van der Waals surface area contributed by atoms with Gasteiger partial charge in [0.1, 0.15) is 17.3 Å². The number of nitro groups is 1. The fraction of sp³-hybridized carbons (Fsp3) is 0.222. The molecule has 0 radical (unpaired) electrons. The first-order valence-corrected chi connectivity index (χ1v) is 8.12. The minimum Gasteiger partial charge on any atom is -0.496 e. The standard InChI is InChI=1S/C18H17FN4O4/c1-11(2)22-17(15-9-6-13(23(24)25)10-16(15)26-3)20-21-18(22)27-14-7-4-12(19)5-8-14/h4-11H,1-3H3. The number of halogens is 1. The highest BCUT2D eigenvalue weighted by Crippen LogP contribution is 2.36. The molecule has 0 bridgehead atoms. The summed E-state index contributed by atoms with van der Waals surface area (Å²) in [4.78, 5) is 10.5. The maximum absolute atomic E-state index is 13.1. The second-order valence-electron chi connectivity index (χ2n) is 5.97. The number of hydrogen-bond acceptors (Lipinski definition) is 6. The van der Waals surface area contributed by atoms with Crippen molar-refractivity contribution in [3.05, 3.63) is 58.4 Å². The molecule has 8 nitrogen and oxygen atoms in total. The highest BCUT2D eigenvalue weighted by molar-refractivity contribution is 5.67. The molecule has 3 rings (SSSR count). The third-order valence-corrected chi connectivity index (χ3v) is 3.84. The number of aromatic nitrogens is 3. The van der Waals surface area contributed by atoms with Crippen molar-refractivity contribution in [2.24, 2.45) is 0 Å². The van der Waals surface area contributed by atoms with Gasteiger partial charge in [0.2, 0.25) is 0 Å². The Morgan fingerprint density at radius 3 is 2.44 bits per heavy atom. The van der Waals surface area contributed by atoms with Crippen molar-refractivity contribution in [1.82, 2.24) is 14.8 Å². The first kappa shape index (κ1) is 18.3. The van der Waals surface area contributed by atoms with Crippen molar-refractivity contribution >= 4 is 5.69 Å². The molecule has 0 amide bonds. The topological polar surface area (TPSA) is 92.3 Å². The minimum absolute atomic E-state index is 0.0784. The Bertz CT molecular complexity index is 970. The van der Waals surface area contributed by atoms with Crippen LogP contribution in [0.4, 0.5) is 10.1 Å². The number of ether oxygens (including phenoxy) is 2. The van der Waals surface area contributed by atoms with Crippen molar-refractivity contribution in [2.45, 2.75) is 19.9 Å². The molecule has 0 aliphatic carbocycles. The molecule has 9 heteroatoms. The summed E-state index contributed by atoms with van der Waals surface area (Å²) in [6.45, 7) is 3.84. The molecule has 27 heavy (non-hydrogen) atoms. The summed E-state index contributed by atoms with van der Waals surface area (Å²) in [6, 6.07) is 9.94. The second-order valence-corrected chi connectivity index (χ2v) is 5.97. The van der Waals surface area contributed by atoms with E-state index in [1.165, 1.54) is 43.5 Å². The lowest BCUT2D eigenvalue weighted by Gasteiger charge is -2.15. The Morgan fingerprint density at radius 1 is 1.15 bits per heavy atom. The van der Waals surface area contributed by atoms with Crippen LogP contribution in [0.15, 0.2) is 42.5 Å². The van der Waals surface area contributed by atoms with E-state index in [1.807, 2.05) is 13.8 Å². The molecule has 0 unspecified atom stereocenters. The Labute approximate surface area is 154 Å². The number of hydrogen-bond donors (Lipinski definition) is 0. The number of nitro benzene ring substituents is 1. The fourth-order valence-corrected chi connectivity index (χ4v) is 2.58. The largest absolute Gasteiger partial charge is 0.496 e. The summed E-state index contributed by atoms with van der Waals surface area (Å²) in [7, 11) is 1.43. The van der Waals surface area contributed by atoms with Gasteiger partial charge in [0.25, 0.3) is 5.69 Å². The van der Waals surface area contributed by atoms with Crippen molar-refractivity contribution in [1.29, 1.82) is 0 Å². The summed E-state index contributed by atoms with van der Waals surface area (Å²) in [5.41, 5.74) is 0.451. The van der Waals surface area contributed by atoms with Gasteiger partial charge >= 0.3 is 6.01 Å². The van der Waals surface area contributed by atoms with Gasteiger partial charge in [0.15, 0.2) is 5.82 Å². The lowest BCUT2D eigenvalue weighted by Crippen LogP contribution is -2.06. The van der Waals surface area contributed by atoms with Gasteiger partial charge in [-0.05, 0) is 44.2 Å². The molecule has 0 aliphatic rings. The third-order valence-electron chi connectivity index (χ3n) is 3.84. The summed E-state index contributed by atoms with van der Waals surface area (Å²) >= 11 is 0. The molecule has 140 valence electrons.